The molecule has 3 rings (SSSR count). The number of rotatable bonds is 7. The molecule has 1 saturated heterocycles. The molecule has 0 aliphatic carbocycles. The summed E-state index contributed by atoms with van der Waals surface area (Å²) in [7, 11) is -1.58. The van der Waals surface area contributed by atoms with Gasteiger partial charge in [-0.1, -0.05) is 20.3 Å². The number of nitrogens with one attached hydrogen (secondary N) is 1. The first kappa shape index (κ1) is 21.8. The zero-order valence-corrected chi connectivity index (χ0v) is 18.6. The Bertz CT molecular complexity index is 975. The fourth-order valence-electron chi connectivity index (χ4n) is 3.59. The Hall–Kier alpha value is -1.93. The molecule has 1 atom stereocenters. The average Bonchev–Trinajstić information content (AvgIpc) is 3.02. The molecule has 1 aliphatic rings. The molecule has 0 saturated carbocycles. The second-order valence-corrected chi connectivity index (χ2v) is 10.2. The second kappa shape index (κ2) is 8.83. The third kappa shape index (κ3) is 4.80. The molecule has 1 fully saturated rings. The number of carbonyl (C=O) groups is 1. The molecule has 0 spiro atoms. The smallest absolute Gasteiger partial charge is 0.243 e. The lowest BCUT2D eigenvalue weighted by atomic mass is 10.1. The van der Waals surface area contributed by atoms with Crippen LogP contribution in [0.15, 0.2) is 23.1 Å². The molecule has 8 heteroatoms. The number of aryl methyl sites for hydroxylation is 2. The number of hydrogen-bond acceptors (Lipinski definition) is 4. The Morgan fingerprint density at radius 3 is 2.52 bits per heavy atom. The van der Waals surface area contributed by atoms with Crippen LogP contribution in [-0.2, 0) is 28.3 Å². The van der Waals surface area contributed by atoms with Crippen molar-refractivity contribution in [1.82, 2.24) is 19.2 Å². The first-order valence-electron chi connectivity index (χ1n) is 10.4. The van der Waals surface area contributed by atoms with Gasteiger partial charge < -0.3 is 9.88 Å². The van der Waals surface area contributed by atoms with E-state index < -0.39 is 10.0 Å². The van der Waals surface area contributed by atoms with Gasteiger partial charge in [0.25, 0.3) is 0 Å². The number of fused-ring (bicyclic) bond motifs is 1. The van der Waals surface area contributed by atoms with Gasteiger partial charge in [-0.15, -0.1) is 0 Å². The van der Waals surface area contributed by atoms with E-state index in [0.717, 1.165) is 30.6 Å². The number of imidazole rings is 1. The van der Waals surface area contributed by atoms with E-state index in [1.807, 2.05) is 24.6 Å². The minimum atomic E-state index is -3.48. The molecule has 1 amide bonds. The second-order valence-electron chi connectivity index (χ2n) is 8.30. The molecule has 1 aliphatic heterocycles. The van der Waals surface area contributed by atoms with Crippen molar-refractivity contribution in [3.63, 3.8) is 0 Å². The van der Waals surface area contributed by atoms with Crippen LogP contribution in [-0.4, -0.2) is 47.3 Å². The number of sulfonamides is 1. The number of benzene rings is 1. The summed E-state index contributed by atoms with van der Waals surface area (Å²) in [5.74, 6) is 1.17. The predicted molar refractivity (Wildman–Crippen MR) is 114 cm³/mol. The van der Waals surface area contributed by atoms with Gasteiger partial charge in [0.15, 0.2) is 0 Å². The summed E-state index contributed by atoms with van der Waals surface area (Å²) in [5.41, 5.74) is 1.52. The summed E-state index contributed by atoms with van der Waals surface area (Å²) in [6, 6.07) is 5.26. The van der Waals surface area contributed by atoms with E-state index in [2.05, 4.69) is 24.1 Å². The zero-order chi connectivity index (χ0) is 21.2. The van der Waals surface area contributed by atoms with Crippen molar-refractivity contribution in [2.75, 3.05) is 13.1 Å². The van der Waals surface area contributed by atoms with Crippen molar-refractivity contribution in [2.45, 2.75) is 63.8 Å². The van der Waals surface area contributed by atoms with E-state index in [1.54, 1.807) is 16.4 Å². The lowest BCUT2D eigenvalue weighted by Gasteiger charge is -2.25. The maximum atomic E-state index is 12.9. The third-order valence-corrected chi connectivity index (χ3v) is 7.76. The van der Waals surface area contributed by atoms with Crippen LogP contribution in [0.3, 0.4) is 0 Å². The van der Waals surface area contributed by atoms with Crippen molar-refractivity contribution in [1.29, 1.82) is 0 Å². The van der Waals surface area contributed by atoms with Crippen LogP contribution in [0, 0.1) is 5.92 Å². The Labute approximate surface area is 173 Å². The van der Waals surface area contributed by atoms with Crippen LogP contribution >= 0.6 is 0 Å². The van der Waals surface area contributed by atoms with Crippen molar-refractivity contribution in [2.24, 2.45) is 13.0 Å². The van der Waals surface area contributed by atoms with Gasteiger partial charge in [0, 0.05) is 39.0 Å². The van der Waals surface area contributed by atoms with Crippen LogP contribution in [0.4, 0.5) is 0 Å². The minimum Gasteiger partial charge on any atom is -0.353 e. The maximum Gasteiger partial charge on any atom is 0.243 e. The van der Waals surface area contributed by atoms with E-state index in [0.29, 0.717) is 42.3 Å². The molecular formula is C21H32N4O3S. The van der Waals surface area contributed by atoms with Gasteiger partial charge in [0.1, 0.15) is 5.82 Å². The Morgan fingerprint density at radius 1 is 1.17 bits per heavy atom. The van der Waals surface area contributed by atoms with Crippen molar-refractivity contribution >= 4 is 27.0 Å². The summed E-state index contributed by atoms with van der Waals surface area (Å²) in [5, 5.41) is 3.01. The highest BCUT2D eigenvalue weighted by Gasteiger charge is 2.26. The largest absolute Gasteiger partial charge is 0.353 e. The SMILES string of the molecule is CC(C)C(C)NC(=O)CCc1nc2cc(S(=O)(=O)N3CCCCC3)ccc2n1C. The topological polar surface area (TPSA) is 84.3 Å². The van der Waals surface area contributed by atoms with Gasteiger partial charge in [0.2, 0.25) is 15.9 Å². The third-order valence-electron chi connectivity index (χ3n) is 5.86. The first-order chi connectivity index (χ1) is 13.7. The highest BCUT2D eigenvalue weighted by atomic mass is 32.2. The zero-order valence-electron chi connectivity index (χ0n) is 17.8. The van der Waals surface area contributed by atoms with Gasteiger partial charge in [-0.3, -0.25) is 4.79 Å². The maximum absolute atomic E-state index is 12.9. The minimum absolute atomic E-state index is 0.00613. The summed E-state index contributed by atoms with van der Waals surface area (Å²) in [6.07, 6.45) is 3.76. The molecule has 29 heavy (non-hydrogen) atoms. The molecule has 1 unspecified atom stereocenters. The van der Waals surface area contributed by atoms with Crippen LogP contribution in [0.25, 0.3) is 11.0 Å². The summed E-state index contributed by atoms with van der Waals surface area (Å²) < 4.78 is 29.4. The number of hydrogen-bond donors (Lipinski definition) is 1. The van der Waals surface area contributed by atoms with E-state index in [1.165, 1.54) is 0 Å². The highest BCUT2D eigenvalue weighted by molar-refractivity contribution is 7.89. The number of nitrogens with zero attached hydrogens (tertiary/aromatic N) is 3. The van der Waals surface area contributed by atoms with E-state index in [9.17, 15) is 13.2 Å². The Kier molecular flexibility index (Phi) is 6.63. The van der Waals surface area contributed by atoms with Crippen molar-refractivity contribution < 1.29 is 13.2 Å². The number of carbonyl (C=O) groups excluding carboxylic acids is 1. The molecule has 2 heterocycles. The van der Waals surface area contributed by atoms with E-state index in [4.69, 9.17) is 0 Å². The fraction of sp³-hybridized carbons (Fsp3) is 0.619. The molecule has 0 bridgehead atoms. The average molecular weight is 421 g/mol. The highest BCUT2D eigenvalue weighted by Crippen LogP contribution is 2.24. The summed E-state index contributed by atoms with van der Waals surface area (Å²) >= 11 is 0. The monoisotopic (exact) mass is 420 g/mol. The first-order valence-corrected chi connectivity index (χ1v) is 11.9. The number of piperidine rings is 1. The Balaban J connectivity index is 1.76. The van der Waals surface area contributed by atoms with Gasteiger partial charge in [-0.05, 0) is 43.9 Å². The molecule has 7 nitrogen and oxygen atoms in total. The number of aromatic nitrogens is 2. The fourth-order valence-corrected chi connectivity index (χ4v) is 5.12. The standard InChI is InChI=1S/C21H32N4O3S/c1-15(2)16(3)22-21(26)11-10-20-23-18-14-17(8-9-19(18)24(20)4)29(27,28)25-12-6-5-7-13-25/h8-9,14-16H,5-7,10-13H2,1-4H3,(H,22,26). The van der Waals surface area contributed by atoms with Gasteiger partial charge in [0.05, 0.1) is 15.9 Å². The van der Waals surface area contributed by atoms with Crippen molar-refractivity contribution in [3.8, 4) is 0 Å². The van der Waals surface area contributed by atoms with Crippen LogP contribution in [0.1, 0.15) is 52.3 Å². The van der Waals surface area contributed by atoms with E-state index >= 15 is 0 Å². The molecule has 1 aromatic carbocycles. The predicted octanol–water partition coefficient (Wildman–Crippen LogP) is 2.84. The van der Waals surface area contributed by atoms with Gasteiger partial charge >= 0.3 is 0 Å². The normalized spacial score (nSPS) is 17.0. The van der Waals surface area contributed by atoms with E-state index in [-0.39, 0.29) is 11.9 Å². The molecular weight excluding hydrogens is 388 g/mol. The molecule has 2 aromatic rings. The van der Waals surface area contributed by atoms with Crippen LogP contribution in [0.5, 0.6) is 0 Å². The van der Waals surface area contributed by atoms with Gasteiger partial charge in [-0.2, -0.15) is 4.31 Å². The van der Waals surface area contributed by atoms with Crippen LogP contribution < -0.4 is 5.32 Å². The Morgan fingerprint density at radius 2 is 1.86 bits per heavy atom. The van der Waals surface area contributed by atoms with Gasteiger partial charge in [-0.25, -0.2) is 13.4 Å². The number of amides is 1. The molecule has 1 aromatic heterocycles. The molecule has 1 N–H and O–H groups in total. The quantitative estimate of drug-likeness (QED) is 0.746. The summed E-state index contributed by atoms with van der Waals surface area (Å²) in [4.78, 5) is 17.1. The summed E-state index contributed by atoms with van der Waals surface area (Å²) in [6.45, 7) is 7.31. The molecule has 160 valence electrons. The van der Waals surface area contributed by atoms with Crippen molar-refractivity contribution in [3.05, 3.63) is 24.0 Å². The van der Waals surface area contributed by atoms with Crippen LogP contribution in [0.2, 0.25) is 0 Å². The molecule has 0 radical (unpaired) electrons. The lowest BCUT2D eigenvalue weighted by Crippen LogP contribution is -2.36. The lowest BCUT2D eigenvalue weighted by molar-refractivity contribution is -0.121.